The van der Waals surface area contributed by atoms with E-state index < -0.39 is 23.4 Å². The van der Waals surface area contributed by atoms with E-state index in [9.17, 15) is 20.0 Å². The summed E-state index contributed by atoms with van der Waals surface area (Å²) >= 11 is 0. The van der Waals surface area contributed by atoms with Gasteiger partial charge in [-0.1, -0.05) is 18.2 Å². The van der Waals surface area contributed by atoms with Crippen LogP contribution in [0.1, 0.15) is 39.7 Å². The number of fused-ring (bicyclic) bond motifs is 1. The molecule has 254 valence electrons. The third kappa shape index (κ3) is 6.75. The lowest BCUT2D eigenvalue weighted by molar-refractivity contribution is -0.128. The number of para-hydroxylation sites is 1. The summed E-state index contributed by atoms with van der Waals surface area (Å²) in [6.45, 7) is 7.65. The summed E-state index contributed by atoms with van der Waals surface area (Å²) in [4.78, 5) is 39.1. The van der Waals surface area contributed by atoms with Gasteiger partial charge in [-0.3, -0.25) is 9.69 Å². The number of carboxylic acid groups (broad SMARTS) is 1. The zero-order valence-corrected chi connectivity index (χ0v) is 27.6. The molecule has 2 aromatic heterocycles. The van der Waals surface area contributed by atoms with Crippen LogP contribution in [0.5, 0.6) is 11.5 Å². The quantitative estimate of drug-likeness (QED) is 0.200. The number of benzene rings is 2. The molecule has 4 heterocycles. The van der Waals surface area contributed by atoms with Crippen molar-refractivity contribution in [2.75, 3.05) is 38.5 Å². The van der Waals surface area contributed by atoms with Crippen molar-refractivity contribution < 1.29 is 23.8 Å². The highest BCUT2D eigenvalue weighted by Crippen LogP contribution is 2.36. The standard InChI is InChI=1S/C35H38FN9O4/c1-22-19-43(14-15-44(22)34(47)48)35(2,3)17-23(18-37)33(46)42-13-7-8-24(20-42)45-32-29(31(38)39-21-40-32)30(41-45)27-12-11-26(16-28(27)36)49-25-9-5-4-6-10-25/h4-6,9-12,16-17,21-22,24H,7-8,13-15,19-20H2,1-3H3,(H,47,48)(H2,38,39,40)/b23-17+/t22-,24?/m1/s1. The number of halogens is 1. The lowest BCUT2D eigenvalue weighted by Gasteiger charge is -2.45. The summed E-state index contributed by atoms with van der Waals surface area (Å²) in [6, 6.07) is 15.1. The Balaban J connectivity index is 1.25. The van der Waals surface area contributed by atoms with E-state index in [4.69, 9.17) is 15.6 Å². The van der Waals surface area contributed by atoms with Gasteiger partial charge in [0.1, 0.15) is 46.8 Å². The number of rotatable bonds is 7. The van der Waals surface area contributed by atoms with Gasteiger partial charge in [0, 0.05) is 55.9 Å². The number of ether oxygens (including phenoxy) is 1. The maximum absolute atomic E-state index is 15.7. The molecule has 2 aliphatic rings. The fourth-order valence-corrected chi connectivity index (χ4v) is 6.68. The number of nitrogen functional groups attached to an aromatic ring is 1. The Labute approximate surface area is 283 Å². The summed E-state index contributed by atoms with van der Waals surface area (Å²) in [7, 11) is 0. The van der Waals surface area contributed by atoms with Gasteiger partial charge in [-0.2, -0.15) is 10.4 Å². The highest BCUT2D eigenvalue weighted by Gasteiger charge is 2.36. The van der Waals surface area contributed by atoms with E-state index in [0.717, 1.165) is 0 Å². The molecule has 0 bridgehead atoms. The first kappa shape index (κ1) is 33.4. The van der Waals surface area contributed by atoms with Crippen LogP contribution >= 0.6 is 0 Å². The molecule has 0 saturated carbocycles. The number of nitriles is 1. The summed E-state index contributed by atoms with van der Waals surface area (Å²) in [5.74, 6) is 0.0830. The highest BCUT2D eigenvalue weighted by atomic mass is 19.1. The molecule has 2 fully saturated rings. The number of carbonyl (C=O) groups excluding carboxylic acids is 1. The van der Waals surface area contributed by atoms with Crippen LogP contribution in [-0.2, 0) is 4.79 Å². The smallest absolute Gasteiger partial charge is 0.407 e. The Kier molecular flexibility index (Phi) is 9.20. The van der Waals surface area contributed by atoms with Crippen LogP contribution in [0.25, 0.3) is 22.3 Å². The number of piperidine rings is 1. The second-order valence-electron chi connectivity index (χ2n) is 12.9. The van der Waals surface area contributed by atoms with E-state index in [1.807, 2.05) is 39.0 Å². The first-order valence-electron chi connectivity index (χ1n) is 16.1. The van der Waals surface area contributed by atoms with Gasteiger partial charge in [-0.15, -0.1) is 0 Å². The second-order valence-corrected chi connectivity index (χ2v) is 12.9. The molecule has 14 heteroatoms. The molecule has 2 amide bonds. The summed E-state index contributed by atoms with van der Waals surface area (Å²) in [6.07, 6.45) is 3.35. The molecular weight excluding hydrogens is 629 g/mol. The predicted molar refractivity (Wildman–Crippen MR) is 180 cm³/mol. The minimum Gasteiger partial charge on any atom is -0.465 e. The molecule has 2 aliphatic heterocycles. The van der Waals surface area contributed by atoms with Gasteiger partial charge >= 0.3 is 6.09 Å². The van der Waals surface area contributed by atoms with Crippen molar-refractivity contribution in [3.8, 4) is 28.8 Å². The van der Waals surface area contributed by atoms with Crippen molar-refractivity contribution in [1.29, 1.82) is 5.26 Å². The van der Waals surface area contributed by atoms with Gasteiger partial charge in [-0.25, -0.2) is 23.8 Å². The molecule has 49 heavy (non-hydrogen) atoms. The Hall–Kier alpha value is -5.55. The molecule has 13 nitrogen and oxygen atoms in total. The van der Waals surface area contributed by atoms with Crippen molar-refractivity contribution in [3.63, 3.8) is 0 Å². The molecule has 6 rings (SSSR count). The molecule has 0 spiro atoms. The van der Waals surface area contributed by atoms with Crippen LogP contribution in [0.4, 0.5) is 15.0 Å². The van der Waals surface area contributed by atoms with Gasteiger partial charge < -0.3 is 25.4 Å². The monoisotopic (exact) mass is 667 g/mol. The van der Waals surface area contributed by atoms with Gasteiger partial charge in [0.05, 0.1) is 11.4 Å². The minimum atomic E-state index is -0.962. The molecular formula is C35H38FN9O4. The Morgan fingerprint density at radius 1 is 1.10 bits per heavy atom. The predicted octanol–water partition coefficient (Wildman–Crippen LogP) is 5.08. The molecule has 0 aliphatic carbocycles. The van der Waals surface area contributed by atoms with Crippen molar-refractivity contribution >= 4 is 28.9 Å². The summed E-state index contributed by atoms with van der Waals surface area (Å²) in [5.41, 5.74) is 6.53. The maximum Gasteiger partial charge on any atom is 0.407 e. The van der Waals surface area contributed by atoms with Gasteiger partial charge in [-0.05, 0) is 64.0 Å². The largest absolute Gasteiger partial charge is 0.465 e. The van der Waals surface area contributed by atoms with Crippen LogP contribution in [0.2, 0.25) is 0 Å². The van der Waals surface area contributed by atoms with Crippen LogP contribution in [0.3, 0.4) is 0 Å². The number of aromatic nitrogens is 4. The number of hydrogen-bond acceptors (Lipinski definition) is 9. The van der Waals surface area contributed by atoms with Crippen LogP contribution in [0, 0.1) is 17.1 Å². The van der Waals surface area contributed by atoms with E-state index >= 15 is 4.39 Å². The van der Waals surface area contributed by atoms with Crippen molar-refractivity contribution in [3.05, 3.63) is 72.3 Å². The van der Waals surface area contributed by atoms with E-state index in [2.05, 4.69) is 20.9 Å². The third-order valence-corrected chi connectivity index (χ3v) is 9.26. The maximum atomic E-state index is 15.7. The van der Waals surface area contributed by atoms with E-state index in [0.29, 0.717) is 61.6 Å². The number of amides is 2. The van der Waals surface area contributed by atoms with Crippen molar-refractivity contribution in [2.45, 2.75) is 51.2 Å². The molecule has 4 aromatic rings. The number of anilines is 1. The number of likely N-dealkylation sites (tertiary alicyclic amines) is 1. The van der Waals surface area contributed by atoms with Gasteiger partial charge in [0.2, 0.25) is 0 Å². The van der Waals surface area contributed by atoms with Crippen LogP contribution in [-0.4, -0.2) is 95.9 Å². The third-order valence-electron chi connectivity index (χ3n) is 9.26. The average Bonchev–Trinajstić information content (AvgIpc) is 3.48. The lowest BCUT2D eigenvalue weighted by Crippen LogP contribution is -2.58. The summed E-state index contributed by atoms with van der Waals surface area (Å²) < 4.78 is 23.1. The van der Waals surface area contributed by atoms with Crippen LogP contribution in [0.15, 0.2) is 66.5 Å². The fourth-order valence-electron chi connectivity index (χ4n) is 6.68. The zero-order valence-electron chi connectivity index (χ0n) is 27.6. The number of nitrogens with two attached hydrogens (primary N) is 1. The topological polar surface area (TPSA) is 167 Å². The van der Waals surface area contributed by atoms with E-state index in [1.165, 1.54) is 17.3 Å². The number of piperazine rings is 1. The van der Waals surface area contributed by atoms with Gasteiger partial charge in [0.25, 0.3) is 5.91 Å². The number of carbonyl (C=O) groups is 2. The zero-order chi connectivity index (χ0) is 34.9. The van der Waals surface area contributed by atoms with E-state index in [1.54, 1.807) is 39.9 Å². The molecule has 0 radical (unpaired) electrons. The first-order chi connectivity index (χ1) is 23.5. The van der Waals surface area contributed by atoms with Crippen LogP contribution < -0.4 is 10.5 Å². The van der Waals surface area contributed by atoms with Crippen molar-refractivity contribution in [1.82, 2.24) is 34.4 Å². The van der Waals surface area contributed by atoms with Crippen molar-refractivity contribution in [2.24, 2.45) is 0 Å². The minimum absolute atomic E-state index is 0.0106. The second kappa shape index (κ2) is 13.5. The Morgan fingerprint density at radius 2 is 1.88 bits per heavy atom. The summed E-state index contributed by atoms with van der Waals surface area (Å²) in [5, 5.41) is 24.8. The highest BCUT2D eigenvalue weighted by molar-refractivity contribution is 5.99. The number of hydrogen-bond donors (Lipinski definition) is 2. The molecule has 2 saturated heterocycles. The van der Waals surface area contributed by atoms with Gasteiger partial charge in [0.15, 0.2) is 5.65 Å². The molecule has 2 aromatic carbocycles. The molecule has 3 N–H and O–H groups in total. The fraction of sp³-hybridized carbons (Fsp3) is 0.371. The average molecular weight is 668 g/mol. The molecule has 1 unspecified atom stereocenters. The SMILES string of the molecule is C[C@@H]1CN(C(C)(C)/C=C(\C#N)C(=O)N2CCCC(n3nc(-c4ccc(Oc5ccccc5)cc4F)c4c(N)ncnc43)C2)CCN1C(=O)O. The Morgan fingerprint density at radius 3 is 2.57 bits per heavy atom. The first-order valence-corrected chi connectivity index (χ1v) is 16.1. The molecule has 2 atom stereocenters. The Bertz CT molecular complexity index is 1960. The lowest BCUT2D eigenvalue weighted by atomic mass is 9.95. The number of nitrogens with zero attached hydrogens (tertiary/aromatic N) is 8. The van der Waals surface area contributed by atoms with E-state index in [-0.39, 0.29) is 41.3 Å². The normalized spacial score (nSPS) is 19.1.